The maximum Gasteiger partial charge on any atom is 0.168 e. The van der Waals surface area contributed by atoms with Crippen LogP contribution in [0.15, 0.2) is 81.2 Å². The molecule has 0 unspecified atom stereocenters. The summed E-state index contributed by atoms with van der Waals surface area (Å²) in [6.45, 7) is 7.97. The average Bonchev–Trinajstić information content (AvgIpc) is 2.90. The van der Waals surface area contributed by atoms with E-state index in [1.807, 2.05) is 52.0 Å². The number of nitrogens with zero attached hydrogens (tertiary/aromatic N) is 2. The quantitative estimate of drug-likeness (QED) is 0.259. The SMILES string of the molecule is COc1ccccc1N=C1CC(C)(C)CC(=O)/C1=C(/O)CC/C(O)=C1\C(=O)CC(C)(C)CC1=Nc1ccccc1OC. The molecule has 0 radical (unpaired) electrons. The van der Waals surface area contributed by atoms with E-state index >= 15 is 0 Å². The van der Waals surface area contributed by atoms with E-state index in [0.717, 1.165) is 0 Å². The first-order valence-electron chi connectivity index (χ1n) is 14.2. The van der Waals surface area contributed by atoms with Gasteiger partial charge in [0.2, 0.25) is 0 Å². The monoisotopic (exact) mass is 572 g/mol. The lowest BCUT2D eigenvalue weighted by Crippen LogP contribution is -2.33. The Morgan fingerprint density at radius 3 is 1.38 bits per heavy atom. The Morgan fingerprint density at radius 2 is 1.02 bits per heavy atom. The van der Waals surface area contributed by atoms with Crippen molar-refractivity contribution in [2.45, 2.75) is 66.2 Å². The maximum atomic E-state index is 13.3. The van der Waals surface area contributed by atoms with Crippen molar-refractivity contribution in [1.82, 2.24) is 0 Å². The van der Waals surface area contributed by atoms with Gasteiger partial charge in [-0.1, -0.05) is 52.0 Å². The van der Waals surface area contributed by atoms with Gasteiger partial charge in [-0.15, -0.1) is 0 Å². The number of carbonyl (C=O) groups is 2. The summed E-state index contributed by atoms with van der Waals surface area (Å²) in [5, 5.41) is 22.5. The molecule has 0 aliphatic heterocycles. The molecule has 0 spiro atoms. The van der Waals surface area contributed by atoms with Gasteiger partial charge in [0.15, 0.2) is 11.6 Å². The van der Waals surface area contributed by atoms with Gasteiger partial charge in [0, 0.05) is 25.7 Å². The highest BCUT2D eigenvalue weighted by molar-refractivity contribution is 6.26. The first kappa shape index (κ1) is 30.8. The minimum Gasteiger partial charge on any atom is -0.511 e. The largest absolute Gasteiger partial charge is 0.511 e. The summed E-state index contributed by atoms with van der Waals surface area (Å²) in [5.41, 5.74) is 1.72. The second kappa shape index (κ2) is 12.3. The second-order valence-electron chi connectivity index (χ2n) is 12.5. The molecule has 2 fully saturated rings. The number of carbonyl (C=O) groups excluding carboxylic acids is 2. The van der Waals surface area contributed by atoms with E-state index in [1.165, 1.54) is 0 Å². The van der Waals surface area contributed by atoms with Gasteiger partial charge in [0.25, 0.3) is 0 Å². The van der Waals surface area contributed by atoms with Gasteiger partial charge >= 0.3 is 0 Å². The second-order valence-corrected chi connectivity index (χ2v) is 12.5. The van der Waals surface area contributed by atoms with E-state index in [9.17, 15) is 19.8 Å². The number of aliphatic hydroxyl groups excluding tert-OH is 2. The van der Waals surface area contributed by atoms with Crippen molar-refractivity contribution in [3.05, 3.63) is 71.2 Å². The van der Waals surface area contributed by atoms with Crippen LogP contribution in [0.25, 0.3) is 0 Å². The fraction of sp³-hybridized carbons (Fsp3) is 0.412. The Balaban J connectivity index is 1.71. The van der Waals surface area contributed by atoms with Crippen LogP contribution in [0.1, 0.15) is 66.2 Å². The summed E-state index contributed by atoms with van der Waals surface area (Å²) in [5.74, 6) is 0.369. The molecule has 42 heavy (non-hydrogen) atoms. The molecular weight excluding hydrogens is 532 g/mol. The summed E-state index contributed by atoms with van der Waals surface area (Å²) in [7, 11) is 3.11. The number of para-hydroxylation sites is 4. The zero-order valence-corrected chi connectivity index (χ0v) is 25.3. The molecule has 0 atom stereocenters. The number of hydrogen-bond donors (Lipinski definition) is 2. The van der Waals surface area contributed by atoms with Crippen molar-refractivity contribution in [1.29, 1.82) is 0 Å². The van der Waals surface area contributed by atoms with Crippen LogP contribution >= 0.6 is 0 Å². The molecule has 4 rings (SSSR count). The smallest absolute Gasteiger partial charge is 0.168 e. The number of ketones is 2. The molecule has 0 amide bonds. The van der Waals surface area contributed by atoms with E-state index in [0.29, 0.717) is 47.1 Å². The number of aliphatic imine (C=N–C) groups is 2. The first-order valence-corrected chi connectivity index (χ1v) is 14.2. The summed E-state index contributed by atoms with van der Waals surface area (Å²) < 4.78 is 10.9. The predicted octanol–water partition coefficient (Wildman–Crippen LogP) is 7.73. The normalized spacial score (nSPS) is 22.7. The van der Waals surface area contributed by atoms with Crippen LogP contribution in [0.5, 0.6) is 11.5 Å². The summed E-state index contributed by atoms with van der Waals surface area (Å²) in [6.07, 6.45) is 1.39. The van der Waals surface area contributed by atoms with E-state index in [1.54, 1.807) is 38.5 Å². The van der Waals surface area contributed by atoms with Gasteiger partial charge in [0.1, 0.15) is 34.4 Å². The van der Waals surface area contributed by atoms with E-state index in [4.69, 9.17) is 19.5 Å². The molecule has 2 saturated carbocycles. The number of Topliss-reactive ketones (excluding diaryl/α,β-unsaturated/α-hetero) is 2. The third kappa shape index (κ3) is 6.98. The Morgan fingerprint density at radius 1 is 0.667 bits per heavy atom. The van der Waals surface area contributed by atoms with Crippen molar-refractivity contribution in [3.63, 3.8) is 0 Å². The number of aliphatic hydroxyl groups is 2. The van der Waals surface area contributed by atoms with Crippen molar-refractivity contribution < 1.29 is 29.3 Å². The number of ether oxygens (including phenoxy) is 2. The lowest BCUT2D eigenvalue weighted by atomic mass is 9.72. The highest BCUT2D eigenvalue weighted by Gasteiger charge is 2.38. The highest BCUT2D eigenvalue weighted by atomic mass is 16.5. The molecule has 0 bridgehead atoms. The van der Waals surface area contributed by atoms with Crippen molar-refractivity contribution in [2.24, 2.45) is 20.8 Å². The molecule has 0 saturated heterocycles. The number of rotatable bonds is 7. The lowest BCUT2D eigenvalue weighted by Gasteiger charge is -2.32. The van der Waals surface area contributed by atoms with Crippen LogP contribution in [0, 0.1) is 10.8 Å². The zero-order chi connectivity index (χ0) is 30.7. The number of methoxy groups -OCH3 is 2. The van der Waals surface area contributed by atoms with Crippen LogP contribution in [-0.2, 0) is 9.59 Å². The van der Waals surface area contributed by atoms with Gasteiger partial charge in [-0.05, 0) is 47.9 Å². The molecule has 2 aromatic rings. The van der Waals surface area contributed by atoms with Crippen molar-refractivity contribution >= 4 is 34.4 Å². The topological polar surface area (TPSA) is 118 Å². The number of allylic oxidation sites excluding steroid dienone is 4. The molecule has 8 heteroatoms. The molecule has 2 aliphatic carbocycles. The molecule has 2 aromatic carbocycles. The van der Waals surface area contributed by atoms with Crippen LogP contribution in [0.2, 0.25) is 0 Å². The fourth-order valence-corrected chi connectivity index (χ4v) is 5.64. The van der Waals surface area contributed by atoms with Gasteiger partial charge < -0.3 is 19.7 Å². The Bertz CT molecular complexity index is 1400. The number of benzene rings is 2. The lowest BCUT2D eigenvalue weighted by molar-refractivity contribution is -0.118. The molecular formula is C34H40N2O6. The molecule has 0 heterocycles. The van der Waals surface area contributed by atoms with E-state index < -0.39 is 0 Å². The predicted molar refractivity (Wildman–Crippen MR) is 165 cm³/mol. The van der Waals surface area contributed by atoms with Gasteiger partial charge in [-0.25, -0.2) is 9.98 Å². The summed E-state index contributed by atoms with van der Waals surface area (Å²) in [4.78, 5) is 36.1. The summed E-state index contributed by atoms with van der Waals surface area (Å²) >= 11 is 0. The Kier molecular flexibility index (Phi) is 9.04. The average molecular weight is 573 g/mol. The minimum atomic E-state index is -0.336. The van der Waals surface area contributed by atoms with Crippen molar-refractivity contribution in [2.75, 3.05) is 14.2 Å². The fourth-order valence-electron chi connectivity index (χ4n) is 5.64. The Hall–Kier alpha value is -4.20. The number of hydrogen-bond acceptors (Lipinski definition) is 8. The van der Waals surface area contributed by atoms with Crippen LogP contribution < -0.4 is 9.47 Å². The zero-order valence-electron chi connectivity index (χ0n) is 25.3. The maximum absolute atomic E-state index is 13.3. The van der Waals surface area contributed by atoms with Crippen LogP contribution in [0.4, 0.5) is 11.4 Å². The molecule has 222 valence electrons. The van der Waals surface area contributed by atoms with Gasteiger partial charge in [0.05, 0.1) is 36.8 Å². The highest BCUT2D eigenvalue weighted by Crippen LogP contribution is 2.40. The van der Waals surface area contributed by atoms with Crippen LogP contribution in [-0.4, -0.2) is 47.4 Å². The van der Waals surface area contributed by atoms with Gasteiger partial charge in [-0.2, -0.15) is 0 Å². The molecule has 2 aliphatic rings. The standard InChI is InChI=1S/C34H40N2O6/c1-33(2)17-23(35-21-11-7-9-13-29(21)41-5)31(27(39)19-33)25(37)15-16-26(38)32-24(18-34(3,4)20-28(32)40)36-22-12-8-10-14-30(22)42-6/h7-14,37-38H,15-20H2,1-6H3/b31-25+,32-26+,35-23?,36-24?. The molecule has 2 N–H and O–H groups in total. The minimum absolute atomic E-state index is 0.0413. The van der Waals surface area contributed by atoms with Crippen LogP contribution in [0.3, 0.4) is 0 Å². The summed E-state index contributed by atoms with van der Waals surface area (Å²) in [6, 6.07) is 14.5. The third-order valence-corrected chi connectivity index (χ3v) is 7.56. The van der Waals surface area contributed by atoms with E-state index in [-0.39, 0.29) is 70.7 Å². The Labute approximate surface area is 247 Å². The van der Waals surface area contributed by atoms with E-state index in [2.05, 4.69) is 0 Å². The van der Waals surface area contributed by atoms with Gasteiger partial charge in [-0.3, -0.25) is 9.59 Å². The van der Waals surface area contributed by atoms with Crippen molar-refractivity contribution in [3.8, 4) is 11.5 Å². The molecule has 0 aromatic heterocycles. The molecule has 8 nitrogen and oxygen atoms in total. The third-order valence-electron chi connectivity index (χ3n) is 7.56. The first-order chi connectivity index (χ1) is 19.8.